The van der Waals surface area contributed by atoms with Gasteiger partial charge in [0, 0.05) is 9.35 Å². The molecule has 1 unspecified atom stereocenters. The average Bonchev–Trinajstić information content (AvgIpc) is 2.62. The highest BCUT2D eigenvalue weighted by Crippen LogP contribution is 2.40. The number of hydrogen-bond acceptors (Lipinski definition) is 1. The van der Waals surface area contributed by atoms with Gasteiger partial charge >= 0.3 is 0 Å². The van der Waals surface area contributed by atoms with Gasteiger partial charge in [-0.25, -0.2) is 0 Å². The lowest BCUT2D eigenvalue weighted by Crippen LogP contribution is -1.93. The summed E-state index contributed by atoms with van der Waals surface area (Å²) in [5.41, 5.74) is 3.36. The minimum Gasteiger partial charge on any atom is -0.126 e. The number of aryl methyl sites for hydroxylation is 2. The summed E-state index contributed by atoms with van der Waals surface area (Å²) < 4.78 is 1.89. The van der Waals surface area contributed by atoms with Crippen LogP contribution >= 0.6 is 50.5 Å². The van der Waals surface area contributed by atoms with Crippen LogP contribution in [0.2, 0.25) is 4.34 Å². The summed E-state index contributed by atoms with van der Waals surface area (Å²) in [6.45, 7) is 4.06. The molecule has 0 amide bonds. The van der Waals surface area contributed by atoms with Crippen LogP contribution in [0.4, 0.5) is 0 Å². The molecule has 0 bridgehead atoms. The monoisotopic (exact) mass is 348 g/mol. The molecule has 0 aliphatic carbocycles. The van der Waals surface area contributed by atoms with Gasteiger partial charge in [-0.3, -0.25) is 0 Å². The second kappa shape index (κ2) is 5.31. The van der Waals surface area contributed by atoms with E-state index in [1.165, 1.54) is 5.56 Å². The second-order valence-electron chi connectivity index (χ2n) is 3.95. The summed E-state index contributed by atoms with van der Waals surface area (Å²) in [6.07, 6.45) is 0. The first-order valence-electron chi connectivity index (χ1n) is 5.15. The molecule has 0 nitrogen and oxygen atoms in total. The first-order valence-corrected chi connectivity index (χ1v) is 7.58. The Morgan fingerprint density at radius 2 is 1.94 bits per heavy atom. The minimum atomic E-state index is -0.152. The SMILES string of the molecule is Cc1cc(C(Cl)c2cccc(C)c2Br)sc1Cl. The third-order valence-corrected chi connectivity index (χ3v) is 5.92. The molecule has 2 aromatic rings. The maximum absolute atomic E-state index is 6.52. The van der Waals surface area contributed by atoms with Crippen LogP contribution in [0.1, 0.15) is 26.9 Å². The molecule has 2 rings (SSSR count). The zero-order chi connectivity index (χ0) is 12.6. The normalized spacial score (nSPS) is 12.8. The lowest BCUT2D eigenvalue weighted by molar-refractivity contribution is 1.15. The van der Waals surface area contributed by atoms with Crippen LogP contribution in [0.25, 0.3) is 0 Å². The Kier molecular flexibility index (Phi) is 4.19. The van der Waals surface area contributed by atoms with Gasteiger partial charge in [0.05, 0.1) is 9.71 Å². The van der Waals surface area contributed by atoms with Crippen molar-refractivity contribution in [1.29, 1.82) is 0 Å². The quantitative estimate of drug-likeness (QED) is 0.574. The van der Waals surface area contributed by atoms with Crippen LogP contribution < -0.4 is 0 Å². The van der Waals surface area contributed by atoms with Gasteiger partial charge < -0.3 is 0 Å². The molecule has 1 atom stereocenters. The van der Waals surface area contributed by atoms with Gasteiger partial charge in [0.25, 0.3) is 0 Å². The summed E-state index contributed by atoms with van der Waals surface area (Å²) in [4.78, 5) is 1.08. The van der Waals surface area contributed by atoms with E-state index in [1.54, 1.807) is 11.3 Å². The van der Waals surface area contributed by atoms with Crippen LogP contribution in [0, 0.1) is 13.8 Å². The van der Waals surface area contributed by atoms with Crippen molar-refractivity contribution >= 4 is 50.5 Å². The fraction of sp³-hybridized carbons (Fsp3) is 0.231. The second-order valence-corrected chi connectivity index (χ2v) is 6.86. The van der Waals surface area contributed by atoms with E-state index in [9.17, 15) is 0 Å². The molecule has 0 aliphatic rings. The van der Waals surface area contributed by atoms with E-state index in [0.29, 0.717) is 0 Å². The van der Waals surface area contributed by atoms with E-state index in [1.807, 2.05) is 19.1 Å². The Morgan fingerprint density at radius 3 is 2.53 bits per heavy atom. The molecule has 0 N–H and O–H groups in total. The van der Waals surface area contributed by atoms with Gasteiger partial charge in [0.15, 0.2) is 0 Å². The molecule has 1 heterocycles. The smallest absolute Gasteiger partial charge is 0.0960 e. The largest absolute Gasteiger partial charge is 0.126 e. The van der Waals surface area contributed by atoms with Crippen molar-refractivity contribution in [1.82, 2.24) is 0 Å². The molecule has 0 radical (unpaired) electrons. The molecular formula is C13H11BrCl2S. The van der Waals surface area contributed by atoms with Crippen LogP contribution in [-0.2, 0) is 0 Å². The Morgan fingerprint density at radius 1 is 1.24 bits per heavy atom. The summed E-state index contributed by atoms with van der Waals surface area (Å²) in [5, 5.41) is -0.152. The topological polar surface area (TPSA) is 0 Å². The van der Waals surface area contributed by atoms with Crippen molar-refractivity contribution in [3.8, 4) is 0 Å². The first-order chi connectivity index (χ1) is 8.00. The van der Waals surface area contributed by atoms with E-state index in [2.05, 4.69) is 35.0 Å². The van der Waals surface area contributed by atoms with Crippen molar-refractivity contribution < 1.29 is 0 Å². The fourth-order valence-corrected chi connectivity index (χ4v) is 3.85. The number of alkyl halides is 1. The van der Waals surface area contributed by atoms with Crippen molar-refractivity contribution in [2.75, 3.05) is 0 Å². The maximum Gasteiger partial charge on any atom is 0.0960 e. The zero-order valence-corrected chi connectivity index (χ0v) is 13.3. The van der Waals surface area contributed by atoms with Gasteiger partial charge in [-0.1, -0.05) is 45.7 Å². The fourth-order valence-electron chi connectivity index (χ4n) is 1.63. The highest BCUT2D eigenvalue weighted by atomic mass is 79.9. The van der Waals surface area contributed by atoms with Crippen molar-refractivity contribution in [2.45, 2.75) is 19.2 Å². The van der Waals surface area contributed by atoms with Gasteiger partial charge in [-0.05, 0) is 36.6 Å². The molecular weight excluding hydrogens is 339 g/mol. The molecule has 0 spiro atoms. The molecule has 17 heavy (non-hydrogen) atoms. The Balaban J connectivity index is 2.43. The van der Waals surface area contributed by atoms with Crippen LogP contribution in [0.15, 0.2) is 28.7 Å². The van der Waals surface area contributed by atoms with Gasteiger partial charge in [-0.2, -0.15) is 0 Å². The number of rotatable bonds is 2. The summed E-state index contributed by atoms with van der Waals surface area (Å²) >= 11 is 17.7. The van der Waals surface area contributed by atoms with E-state index in [-0.39, 0.29) is 5.38 Å². The Hall–Kier alpha value is -0.0200. The standard InChI is InChI=1S/C13H11BrCl2S/c1-7-4-3-5-9(11(7)14)12(15)10-6-8(2)13(16)17-10/h3-6,12H,1-2H3. The van der Waals surface area contributed by atoms with E-state index in [4.69, 9.17) is 23.2 Å². The number of thiophene rings is 1. The molecule has 1 aromatic heterocycles. The predicted octanol–water partition coefficient (Wildman–Crippen LogP) is 6.11. The van der Waals surface area contributed by atoms with Crippen molar-refractivity contribution in [3.05, 3.63) is 54.6 Å². The van der Waals surface area contributed by atoms with Gasteiger partial charge in [0.2, 0.25) is 0 Å². The number of halogens is 3. The number of benzene rings is 1. The molecule has 0 saturated carbocycles. The third kappa shape index (κ3) is 2.70. The molecule has 4 heteroatoms. The molecule has 0 aliphatic heterocycles. The molecule has 90 valence electrons. The van der Waals surface area contributed by atoms with E-state index >= 15 is 0 Å². The lowest BCUT2D eigenvalue weighted by Gasteiger charge is -2.11. The van der Waals surface area contributed by atoms with Crippen molar-refractivity contribution in [2.24, 2.45) is 0 Å². The summed E-state index contributed by atoms with van der Waals surface area (Å²) in [7, 11) is 0. The van der Waals surface area contributed by atoms with Gasteiger partial charge in [0.1, 0.15) is 0 Å². The molecule has 0 fully saturated rings. The lowest BCUT2D eigenvalue weighted by atomic mass is 10.1. The third-order valence-electron chi connectivity index (χ3n) is 2.62. The van der Waals surface area contributed by atoms with Gasteiger partial charge in [-0.15, -0.1) is 22.9 Å². The zero-order valence-electron chi connectivity index (χ0n) is 9.43. The van der Waals surface area contributed by atoms with Crippen LogP contribution in [0.5, 0.6) is 0 Å². The summed E-state index contributed by atoms with van der Waals surface area (Å²) in [6, 6.07) is 8.17. The highest BCUT2D eigenvalue weighted by Gasteiger charge is 2.17. The molecule has 1 aromatic carbocycles. The number of hydrogen-bond donors (Lipinski definition) is 0. The Bertz CT molecular complexity index is 529. The van der Waals surface area contributed by atoms with Crippen LogP contribution in [-0.4, -0.2) is 0 Å². The average molecular weight is 350 g/mol. The summed E-state index contributed by atoms with van der Waals surface area (Å²) in [5.74, 6) is 0. The highest BCUT2D eigenvalue weighted by molar-refractivity contribution is 9.10. The molecule has 0 saturated heterocycles. The van der Waals surface area contributed by atoms with Crippen LogP contribution in [0.3, 0.4) is 0 Å². The van der Waals surface area contributed by atoms with E-state index < -0.39 is 0 Å². The first kappa shape index (κ1) is 13.4. The van der Waals surface area contributed by atoms with Crippen molar-refractivity contribution in [3.63, 3.8) is 0 Å². The minimum absolute atomic E-state index is 0.152. The Labute approximate surface area is 124 Å². The van der Waals surface area contributed by atoms with E-state index in [0.717, 1.165) is 24.8 Å². The predicted molar refractivity (Wildman–Crippen MR) is 80.6 cm³/mol. The maximum atomic E-state index is 6.52.